The molecule has 0 saturated heterocycles. The summed E-state index contributed by atoms with van der Waals surface area (Å²) in [6.07, 6.45) is -0.820. The normalized spacial score (nSPS) is 12.1. The van der Waals surface area contributed by atoms with Crippen molar-refractivity contribution in [1.29, 1.82) is 0 Å². The first kappa shape index (κ1) is 17.8. The largest absolute Gasteiger partial charge is 0.481 e. The number of primary sulfonamides is 1. The van der Waals surface area contributed by atoms with Crippen LogP contribution in [0.2, 0.25) is 0 Å². The maximum Gasteiger partial charge on any atom is 0.303 e. The van der Waals surface area contributed by atoms with Crippen molar-refractivity contribution >= 4 is 31.9 Å². The van der Waals surface area contributed by atoms with E-state index in [2.05, 4.69) is 0 Å². The van der Waals surface area contributed by atoms with Gasteiger partial charge in [-0.25, -0.2) is 22.0 Å². The number of carboxylic acid groups (broad SMARTS) is 1. The highest BCUT2D eigenvalue weighted by Crippen LogP contribution is 1.98. The third-order valence-electron chi connectivity index (χ3n) is 1.91. The van der Waals surface area contributed by atoms with Crippen LogP contribution in [-0.4, -0.2) is 45.3 Å². The van der Waals surface area contributed by atoms with Crippen LogP contribution in [0.4, 0.5) is 0 Å². The SMILES string of the molecule is NS(=O)(=O)CCCC(=O)NS(=O)(=O)CCCC(=O)O.[HH]. The van der Waals surface area contributed by atoms with Gasteiger partial charge < -0.3 is 5.11 Å². The number of carboxylic acids is 1. The monoisotopic (exact) mass is 318 g/mol. The molecule has 0 aromatic rings. The fraction of sp³-hybridized carbons (Fsp3) is 0.750. The molecule has 0 aromatic heterocycles. The van der Waals surface area contributed by atoms with Gasteiger partial charge in [0, 0.05) is 14.3 Å². The second kappa shape index (κ2) is 7.40. The number of rotatable bonds is 9. The van der Waals surface area contributed by atoms with Crippen molar-refractivity contribution in [2.75, 3.05) is 11.5 Å². The number of aliphatic carboxylic acids is 1. The van der Waals surface area contributed by atoms with Gasteiger partial charge in [0.2, 0.25) is 26.0 Å². The molecule has 0 heterocycles. The van der Waals surface area contributed by atoms with E-state index < -0.39 is 43.4 Å². The molecule has 0 saturated carbocycles. The van der Waals surface area contributed by atoms with Crippen molar-refractivity contribution < 1.29 is 33.0 Å². The zero-order chi connectivity index (χ0) is 15.1. The molecule has 0 aliphatic heterocycles. The fourth-order valence-corrected chi connectivity index (χ4v) is 2.74. The van der Waals surface area contributed by atoms with Crippen molar-refractivity contribution in [2.45, 2.75) is 25.7 Å². The maximum absolute atomic E-state index is 11.3. The van der Waals surface area contributed by atoms with E-state index in [4.69, 9.17) is 10.2 Å². The Balaban J connectivity index is 0. The lowest BCUT2D eigenvalue weighted by Crippen LogP contribution is -2.33. The summed E-state index contributed by atoms with van der Waals surface area (Å²) in [6.45, 7) is 0. The van der Waals surface area contributed by atoms with Crippen LogP contribution in [0.3, 0.4) is 0 Å². The maximum atomic E-state index is 11.3. The number of carbonyl (C=O) groups is 2. The molecular formula is C8H18N2O7S2. The number of amides is 1. The minimum absolute atomic E-state index is 0. The third-order valence-corrected chi connectivity index (χ3v) is 4.13. The summed E-state index contributed by atoms with van der Waals surface area (Å²) in [5.74, 6) is -2.88. The summed E-state index contributed by atoms with van der Waals surface area (Å²) >= 11 is 0. The van der Waals surface area contributed by atoms with Crippen molar-refractivity contribution in [2.24, 2.45) is 5.14 Å². The van der Waals surface area contributed by atoms with E-state index in [0.29, 0.717) is 0 Å². The quantitative estimate of drug-likeness (QED) is 0.471. The van der Waals surface area contributed by atoms with Gasteiger partial charge in [-0.3, -0.25) is 14.3 Å². The number of hydrogen-bond donors (Lipinski definition) is 3. The predicted octanol–water partition coefficient (Wildman–Crippen LogP) is -1.39. The number of nitrogens with two attached hydrogens (primary N) is 1. The summed E-state index contributed by atoms with van der Waals surface area (Å²) in [6, 6.07) is 0. The van der Waals surface area contributed by atoms with Gasteiger partial charge in [-0.2, -0.15) is 0 Å². The lowest BCUT2D eigenvalue weighted by Gasteiger charge is -2.05. The van der Waals surface area contributed by atoms with E-state index in [1.54, 1.807) is 4.72 Å². The second-order valence-corrected chi connectivity index (χ2v) is 7.39. The third kappa shape index (κ3) is 11.6. The molecule has 4 N–H and O–H groups in total. The highest BCUT2D eigenvalue weighted by Gasteiger charge is 2.15. The molecule has 0 aliphatic carbocycles. The van der Waals surface area contributed by atoms with Gasteiger partial charge in [-0.15, -0.1) is 0 Å². The van der Waals surface area contributed by atoms with Gasteiger partial charge in [-0.1, -0.05) is 0 Å². The molecule has 0 aromatic carbocycles. The Labute approximate surface area is 112 Å². The first-order chi connectivity index (χ1) is 8.52. The molecular weight excluding hydrogens is 300 g/mol. The van der Waals surface area contributed by atoms with Crippen LogP contribution in [0, 0.1) is 0 Å². The van der Waals surface area contributed by atoms with Crippen molar-refractivity contribution in [3.05, 3.63) is 0 Å². The molecule has 0 fully saturated rings. The summed E-state index contributed by atoms with van der Waals surface area (Å²) in [5, 5.41) is 13.0. The number of hydrogen-bond acceptors (Lipinski definition) is 6. The van der Waals surface area contributed by atoms with Gasteiger partial charge in [-0.05, 0) is 12.8 Å². The van der Waals surface area contributed by atoms with E-state index in [1.165, 1.54) is 0 Å². The molecule has 0 atom stereocenters. The first-order valence-corrected chi connectivity index (χ1v) is 8.64. The van der Waals surface area contributed by atoms with Crippen LogP contribution in [0.1, 0.15) is 27.1 Å². The highest BCUT2D eigenvalue weighted by molar-refractivity contribution is 7.90. The van der Waals surface area contributed by atoms with Gasteiger partial charge in [0.25, 0.3) is 0 Å². The van der Waals surface area contributed by atoms with Crippen molar-refractivity contribution in [3.63, 3.8) is 0 Å². The molecule has 0 radical (unpaired) electrons. The van der Waals surface area contributed by atoms with Gasteiger partial charge in [0.05, 0.1) is 11.5 Å². The van der Waals surface area contributed by atoms with Crippen LogP contribution in [-0.2, 0) is 29.6 Å². The summed E-state index contributed by atoms with van der Waals surface area (Å²) < 4.78 is 45.5. The number of sulfonamides is 2. The minimum atomic E-state index is -3.89. The predicted molar refractivity (Wildman–Crippen MR) is 68.1 cm³/mol. The smallest absolute Gasteiger partial charge is 0.303 e. The molecule has 0 bridgehead atoms. The van der Waals surface area contributed by atoms with Crippen LogP contribution in [0.15, 0.2) is 0 Å². The summed E-state index contributed by atoms with van der Waals surface area (Å²) in [7, 11) is -7.57. The Morgan fingerprint density at radius 2 is 1.58 bits per heavy atom. The molecule has 0 spiro atoms. The molecule has 11 heteroatoms. The van der Waals surface area contributed by atoms with E-state index in [0.717, 1.165) is 0 Å². The van der Waals surface area contributed by atoms with Crippen molar-refractivity contribution in [1.82, 2.24) is 4.72 Å². The van der Waals surface area contributed by atoms with Gasteiger partial charge in [0.1, 0.15) is 0 Å². The average molecular weight is 318 g/mol. The molecule has 19 heavy (non-hydrogen) atoms. The first-order valence-electron chi connectivity index (χ1n) is 5.27. The zero-order valence-corrected chi connectivity index (χ0v) is 11.7. The van der Waals surface area contributed by atoms with E-state index in [1.807, 2.05) is 0 Å². The Bertz CT molecular complexity index is 529. The molecule has 0 aliphatic rings. The van der Waals surface area contributed by atoms with Crippen LogP contribution < -0.4 is 9.86 Å². The Morgan fingerprint density at radius 1 is 1.05 bits per heavy atom. The lowest BCUT2D eigenvalue weighted by atomic mass is 10.3. The minimum Gasteiger partial charge on any atom is -0.481 e. The van der Waals surface area contributed by atoms with Gasteiger partial charge >= 0.3 is 5.97 Å². The average Bonchev–Trinajstić information content (AvgIpc) is 2.12. The molecule has 0 unspecified atom stereocenters. The standard InChI is InChI=1S/C8H16N2O7S2.H2/c9-18(14,15)5-1-3-7(11)10-19(16,17)6-2-4-8(12)13;/h1-6H2,(H,10,11)(H,12,13)(H2,9,14,15);1H. The fourth-order valence-electron chi connectivity index (χ4n) is 1.12. The Kier molecular flexibility index (Phi) is 6.94. The van der Waals surface area contributed by atoms with Crippen LogP contribution in [0.25, 0.3) is 0 Å². The number of nitrogens with one attached hydrogen (secondary N) is 1. The van der Waals surface area contributed by atoms with Gasteiger partial charge in [0.15, 0.2) is 0 Å². The zero-order valence-electron chi connectivity index (χ0n) is 10.0. The summed E-state index contributed by atoms with van der Waals surface area (Å²) in [5.41, 5.74) is 0. The molecule has 1 amide bonds. The van der Waals surface area contributed by atoms with Crippen LogP contribution in [0.5, 0.6) is 0 Å². The Morgan fingerprint density at radius 3 is 2.05 bits per heavy atom. The Hall–Kier alpha value is -1.20. The number of carbonyl (C=O) groups excluding carboxylic acids is 1. The molecule has 9 nitrogen and oxygen atoms in total. The topological polar surface area (TPSA) is 161 Å². The molecule has 0 rings (SSSR count). The second-order valence-electron chi connectivity index (χ2n) is 3.81. The van der Waals surface area contributed by atoms with Crippen molar-refractivity contribution in [3.8, 4) is 0 Å². The lowest BCUT2D eigenvalue weighted by molar-refractivity contribution is -0.137. The summed E-state index contributed by atoms with van der Waals surface area (Å²) in [4.78, 5) is 21.4. The van der Waals surface area contributed by atoms with E-state index >= 15 is 0 Å². The molecule has 114 valence electrons. The highest BCUT2D eigenvalue weighted by atomic mass is 32.2. The van der Waals surface area contributed by atoms with E-state index in [-0.39, 0.29) is 27.1 Å². The van der Waals surface area contributed by atoms with E-state index in [9.17, 15) is 26.4 Å². The van der Waals surface area contributed by atoms with Crippen LogP contribution >= 0.6 is 0 Å².